The maximum absolute atomic E-state index is 8.67. The molecule has 0 spiro atoms. The van der Waals surface area contributed by atoms with Crippen LogP contribution in [-0.2, 0) is 195 Å². The molecule has 0 aromatic rings. The SMILES string of the molecule is COP(C)O.COP(C)O.COP(O)OCO.COP(O)OCO.COP(O)OCOP(O)OC.OCO.[W].[W].[W].[W].[Y].[Y]. The van der Waals surface area contributed by atoms with Gasteiger partial charge >= 0.3 is 34.4 Å². The molecule has 6 atom stereocenters. The van der Waals surface area contributed by atoms with Crippen LogP contribution in [0.5, 0.6) is 0 Å². The first-order valence-corrected chi connectivity index (χ1v) is 16.6. The van der Waals surface area contributed by atoms with Crippen molar-refractivity contribution in [3.8, 4) is 0 Å². The predicted octanol–water partition coefficient (Wildman–Crippen LogP) is 0.392. The largest absolute Gasteiger partial charge is 0.371 e. The summed E-state index contributed by atoms with van der Waals surface area (Å²) in [7, 11) is -1.51. The molecule has 44 heavy (non-hydrogen) atoms. The predicted molar refractivity (Wildman–Crippen MR) is 141 cm³/mol. The normalized spacial score (nSPS) is 12.4. The molecule has 270 valence electrons. The van der Waals surface area contributed by atoms with Crippen LogP contribution in [0.25, 0.3) is 0 Å². The number of aliphatic hydroxyl groups excluding tert-OH is 3. The van der Waals surface area contributed by atoms with Gasteiger partial charge in [0.2, 0.25) is 0 Å². The van der Waals surface area contributed by atoms with Crippen molar-refractivity contribution in [1.29, 1.82) is 0 Å². The fourth-order valence-corrected chi connectivity index (χ4v) is 1.41. The van der Waals surface area contributed by atoms with Crippen LogP contribution >= 0.6 is 51.2 Å². The van der Waals surface area contributed by atoms with Crippen molar-refractivity contribution < 1.29 is 245 Å². The quantitative estimate of drug-likeness (QED) is 0.0832. The summed E-state index contributed by atoms with van der Waals surface area (Å²) in [5.41, 5.74) is 0. The van der Waals surface area contributed by atoms with Gasteiger partial charge in [0, 0.05) is 206 Å². The van der Waals surface area contributed by atoms with Gasteiger partial charge in [-0.2, -0.15) is 0 Å². The topological polar surface area (TPSA) is 295 Å². The third kappa shape index (κ3) is 118. The van der Waals surface area contributed by atoms with E-state index in [2.05, 4.69) is 45.2 Å². The molecule has 0 saturated heterocycles. The molecule has 6 unspecified atom stereocenters. The smallest absolute Gasteiger partial charge is 0.331 e. The molecular formula is C12H42O20P6W4Y2. The third-order valence-corrected chi connectivity index (χ3v) is 5.45. The summed E-state index contributed by atoms with van der Waals surface area (Å²) in [5.74, 6) is 0. The zero-order valence-electron chi connectivity index (χ0n) is 24.9. The Bertz CT molecular complexity index is 371. The van der Waals surface area contributed by atoms with Crippen LogP contribution < -0.4 is 0 Å². The summed E-state index contributed by atoms with van der Waals surface area (Å²) in [6.07, 6.45) is 0. The fraction of sp³-hybridized carbons (Fsp3) is 1.00. The first-order chi connectivity index (χ1) is 17.8. The zero-order valence-corrected chi connectivity index (χ0v) is 47.6. The Hall–Kier alpha value is 6.74. The second-order valence-electron chi connectivity index (χ2n) is 4.01. The van der Waals surface area contributed by atoms with Crippen molar-refractivity contribution >= 4 is 51.2 Å². The molecule has 0 aliphatic heterocycles. The first-order valence-electron chi connectivity index (χ1n) is 8.79. The fourth-order valence-electron chi connectivity index (χ4n) is 0.423. The van der Waals surface area contributed by atoms with Crippen molar-refractivity contribution in [3.63, 3.8) is 0 Å². The molecule has 0 aromatic carbocycles. The first kappa shape index (κ1) is 83.6. The van der Waals surface area contributed by atoms with Crippen LogP contribution in [0.3, 0.4) is 0 Å². The van der Waals surface area contributed by atoms with Gasteiger partial charge in [-0.3, -0.25) is 18.1 Å². The Labute approximate surface area is 374 Å². The van der Waals surface area contributed by atoms with E-state index in [9.17, 15) is 0 Å². The van der Waals surface area contributed by atoms with Gasteiger partial charge in [-0.05, 0) is 0 Å². The van der Waals surface area contributed by atoms with Gasteiger partial charge in [-0.1, -0.05) is 0 Å². The van der Waals surface area contributed by atoms with E-state index in [0.717, 1.165) is 0 Å². The molecule has 20 nitrogen and oxygen atoms in total. The number of aliphatic hydroxyl groups is 4. The average molecular weight is 1610 g/mol. The van der Waals surface area contributed by atoms with E-state index in [1.54, 1.807) is 13.3 Å². The Kier molecular flexibility index (Phi) is 150. The van der Waals surface area contributed by atoms with E-state index in [4.69, 9.17) is 49.8 Å². The summed E-state index contributed by atoms with van der Waals surface area (Å²) in [5, 5.41) is 30.1. The average Bonchev–Trinajstić information content (AvgIpc) is 2.90. The van der Waals surface area contributed by atoms with Crippen LogP contribution in [0, 0.1) is 0 Å². The molecule has 0 aliphatic carbocycles. The zero-order chi connectivity index (χ0) is 31.4. The van der Waals surface area contributed by atoms with Gasteiger partial charge < -0.3 is 76.9 Å². The van der Waals surface area contributed by atoms with Gasteiger partial charge in [-0.15, -0.1) is 0 Å². The second kappa shape index (κ2) is 78.7. The minimum absolute atomic E-state index is 0. The maximum Gasteiger partial charge on any atom is 0.331 e. The van der Waals surface area contributed by atoms with Crippen molar-refractivity contribution in [1.82, 2.24) is 0 Å². The molecule has 0 amide bonds. The monoisotopic (exact) mass is 1610 g/mol. The molecule has 0 aromatic heterocycles. The maximum atomic E-state index is 8.67. The minimum Gasteiger partial charge on any atom is -0.371 e. The van der Waals surface area contributed by atoms with E-state index < -0.39 is 71.5 Å². The molecule has 0 rings (SSSR count). The molecule has 0 saturated carbocycles. The minimum atomic E-state index is -1.90. The molecule has 0 fully saturated rings. The number of rotatable bonds is 14. The molecule has 2 radical (unpaired) electrons. The number of hydrogen-bond donors (Lipinski definition) is 10. The van der Waals surface area contributed by atoms with Crippen molar-refractivity contribution in [2.75, 3.05) is 83.2 Å². The summed E-state index contributed by atoms with van der Waals surface area (Å²) in [6, 6.07) is 0. The molecule has 10 N–H and O–H groups in total. The van der Waals surface area contributed by atoms with Crippen LogP contribution in [0.2, 0.25) is 0 Å². The van der Waals surface area contributed by atoms with Crippen LogP contribution in [0.15, 0.2) is 0 Å². The van der Waals surface area contributed by atoms with E-state index in [1.807, 2.05) is 0 Å². The standard InChI is InChI=1S/C3H10O6P2.2C2H7O4P.2C2H7O2P.CH4O2.4W.2Y/c1-6-10(4)8-3-9-11(5)7-2;2*1-5-7(4)6-2-3;2*1-4-5(2)3;2-1-3;;;;;;/h4-5H,3H2,1-2H3;2*3-4H,2H2,1H3;2*3H,1-2H3;2-3H,1H2;;;;;;. The van der Waals surface area contributed by atoms with E-state index in [0.29, 0.717) is 0 Å². The number of hydrogen-bond acceptors (Lipinski definition) is 20. The summed E-state index contributed by atoms with van der Waals surface area (Å²) in [6.45, 7) is 1.23. The molecular weight excluding hydrogens is 1560 g/mol. The van der Waals surface area contributed by atoms with Crippen LogP contribution in [0.4, 0.5) is 0 Å². The van der Waals surface area contributed by atoms with Crippen LogP contribution in [0.1, 0.15) is 0 Å². The van der Waals surface area contributed by atoms with Crippen LogP contribution in [-0.4, -0.2) is 133 Å². The van der Waals surface area contributed by atoms with Gasteiger partial charge in [0.05, 0.1) is 0 Å². The summed E-state index contributed by atoms with van der Waals surface area (Å²) in [4.78, 5) is 50.4. The summed E-state index contributed by atoms with van der Waals surface area (Å²) < 4.78 is 43.3. The van der Waals surface area contributed by atoms with Gasteiger partial charge in [0.15, 0.2) is 37.1 Å². The Morgan fingerprint density at radius 2 is 0.568 bits per heavy atom. The van der Waals surface area contributed by atoms with Crippen molar-refractivity contribution in [2.45, 2.75) is 0 Å². The molecule has 0 aliphatic rings. The Balaban J connectivity index is -0.0000000282. The van der Waals surface area contributed by atoms with E-state index in [-0.39, 0.29) is 156 Å². The Morgan fingerprint density at radius 3 is 0.659 bits per heavy atom. The van der Waals surface area contributed by atoms with Crippen molar-refractivity contribution in [3.05, 3.63) is 0 Å². The van der Waals surface area contributed by atoms with Gasteiger partial charge in [-0.25, -0.2) is 0 Å². The molecule has 32 heteroatoms. The van der Waals surface area contributed by atoms with E-state index >= 15 is 0 Å². The summed E-state index contributed by atoms with van der Waals surface area (Å²) >= 11 is 0. The van der Waals surface area contributed by atoms with E-state index in [1.165, 1.54) is 42.7 Å². The molecule has 0 bridgehead atoms. The third-order valence-electron chi connectivity index (χ3n) is 1.82. The van der Waals surface area contributed by atoms with Crippen molar-refractivity contribution in [2.24, 2.45) is 0 Å². The second-order valence-corrected chi connectivity index (χ2v) is 11.0. The molecule has 0 heterocycles. The van der Waals surface area contributed by atoms with Gasteiger partial charge in [0.1, 0.15) is 6.79 Å². The Morgan fingerprint density at radius 1 is 0.409 bits per heavy atom. The van der Waals surface area contributed by atoms with Gasteiger partial charge in [0.25, 0.3) is 0 Å².